The highest BCUT2D eigenvalue weighted by Crippen LogP contribution is 2.30. The minimum absolute atomic E-state index is 0.0495. The van der Waals surface area contributed by atoms with E-state index in [-0.39, 0.29) is 17.7 Å². The smallest absolute Gasteiger partial charge is 0.401 e. The second kappa shape index (κ2) is 4.53. The van der Waals surface area contributed by atoms with Gasteiger partial charge in [-0.05, 0) is 16.8 Å². The Balaban J connectivity index is 3.25. The van der Waals surface area contributed by atoms with Crippen molar-refractivity contribution < 1.29 is 22.8 Å². The number of hydrogen-bond acceptors (Lipinski definition) is 5. The van der Waals surface area contributed by atoms with Crippen LogP contribution in [0, 0.1) is 17.0 Å². The Kier molecular flexibility index (Phi) is 3.51. The van der Waals surface area contributed by atoms with Gasteiger partial charge in [-0.3, -0.25) is 0 Å². The fourth-order valence-electron chi connectivity index (χ4n) is 1.24. The summed E-state index contributed by atoms with van der Waals surface area (Å²) in [6.07, 6.45) is -4.23. The van der Waals surface area contributed by atoms with Gasteiger partial charge in [-0.1, -0.05) is 0 Å². The number of ether oxygens (including phenoxy) is 1. The molecule has 0 saturated carbocycles. The van der Waals surface area contributed by atoms with Crippen LogP contribution < -0.4 is 10.5 Å². The quantitative estimate of drug-likeness (QED) is 0.651. The van der Waals surface area contributed by atoms with E-state index in [1.807, 2.05) is 0 Å². The highest BCUT2D eigenvalue weighted by Gasteiger charge is 2.33. The highest BCUT2D eigenvalue weighted by atomic mass is 19.4. The Morgan fingerprint density at radius 2 is 2.18 bits per heavy atom. The van der Waals surface area contributed by atoms with Crippen molar-refractivity contribution in [3.63, 3.8) is 0 Å². The monoisotopic (exact) mass is 251 g/mol. The van der Waals surface area contributed by atoms with Crippen molar-refractivity contribution in [2.24, 2.45) is 5.73 Å². The van der Waals surface area contributed by atoms with Gasteiger partial charge in [0.05, 0.1) is 5.56 Å². The molecule has 9 heteroatoms. The van der Waals surface area contributed by atoms with Crippen LogP contribution in [0.2, 0.25) is 0 Å². The number of nitrogens with zero attached hydrogens (tertiary/aromatic N) is 2. The minimum atomic E-state index is -4.88. The number of nitrogens with two attached hydrogens (primary N) is 1. The molecule has 0 amide bonds. The standard InChI is InChI=1S/C8H8F3N3O3/c1-4-5(2-12)7(14(15)16)13-3-6(4)17-8(9,10)11/h3H,2,12H2,1H3. The predicted octanol–water partition coefficient (Wildman–Crippen LogP) is 1.66. The first-order chi connectivity index (χ1) is 7.76. The first-order valence-corrected chi connectivity index (χ1v) is 4.35. The third-order valence-corrected chi connectivity index (χ3v) is 2.00. The topological polar surface area (TPSA) is 91.3 Å². The van der Waals surface area contributed by atoms with E-state index in [0.717, 1.165) is 0 Å². The summed E-state index contributed by atoms with van der Waals surface area (Å²) in [5.41, 5.74) is 5.10. The zero-order valence-corrected chi connectivity index (χ0v) is 8.61. The van der Waals surface area contributed by atoms with Crippen LogP contribution in [0.15, 0.2) is 6.20 Å². The Hall–Kier alpha value is -1.90. The molecule has 0 atom stereocenters. The van der Waals surface area contributed by atoms with Gasteiger partial charge in [-0.15, -0.1) is 13.2 Å². The first kappa shape index (κ1) is 13.2. The number of nitro groups is 1. The molecule has 2 N–H and O–H groups in total. The summed E-state index contributed by atoms with van der Waals surface area (Å²) in [7, 11) is 0. The third-order valence-electron chi connectivity index (χ3n) is 2.00. The van der Waals surface area contributed by atoms with Gasteiger partial charge >= 0.3 is 12.2 Å². The van der Waals surface area contributed by atoms with Crippen molar-refractivity contribution in [3.8, 4) is 5.75 Å². The molecule has 0 unspecified atom stereocenters. The summed E-state index contributed by atoms with van der Waals surface area (Å²) in [4.78, 5) is 13.0. The molecule has 94 valence electrons. The average molecular weight is 251 g/mol. The van der Waals surface area contributed by atoms with Crippen molar-refractivity contribution in [2.45, 2.75) is 19.8 Å². The van der Waals surface area contributed by atoms with E-state index in [2.05, 4.69) is 9.72 Å². The molecule has 0 saturated heterocycles. The van der Waals surface area contributed by atoms with E-state index in [0.29, 0.717) is 6.20 Å². The normalized spacial score (nSPS) is 11.4. The number of pyridine rings is 1. The molecule has 0 radical (unpaired) electrons. The van der Waals surface area contributed by atoms with Crippen LogP contribution in [0.25, 0.3) is 0 Å². The van der Waals surface area contributed by atoms with E-state index in [4.69, 9.17) is 5.73 Å². The summed E-state index contributed by atoms with van der Waals surface area (Å²) in [6.45, 7) is 0.947. The van der Waals surface area contributed by atoms with Crippen molar-refractivity contribution >= 4 is 5.82 Å². The van der Waals surface area contributed by atoms with Gasteiger partial charge in [0.2, 0.25) is 0 Å². The van der Waals surface area contributed by atoms with Gasteiger partial charge in [0.25, 0.3) is 0 Å². The van der Waals surface area contributed by atoms with Crippen LogP contribution in [0.3, 0.4) is 0 Å². The third kappa shape index (κ3) is 3.03. The van der Waals surface area contributed by atoms with Crippen LogP contribution in [0.1, 0.15) is 11.1 Å². The molecule has 0 aromatic carbocycles. The van der Waals surface area contributed by atoms with Crippen molar-refractivity contribution in [1.82, 2.24) is 4.98 Å². The molecule has 0 aliphatic heterocycles. The molecule has 1 rings (SSSR count). The van der Waals surface area contributed by atoms with Gasteiger partial charge in [0, 0.05) is 12.1 Å². The Morgan fingerprint density at radius 3 is 2.59 bits per heavy atom. The van der Waals surface area contributed by atoms with Crippen LogP contribution in [0.4, 0.5) is 19.0 Å². The fourth-order valence-corrected chi connectivity index (χ4v) is 1.24. The lowest BCUT2D eigenvalue weighted by molar-refractivity contribution is -0.390. The van der Waals surface area contributed by atoms with Crippen LogP contribution in [-0.4, -0.2) is 16.3 Å². The van der Waals surface area contributed by atoms with Crippen molar-refractivity contribution in [1.29, 1.82) is 0 Å². The minimum Gasteiger partial charge on any atom is -0.401 e. The molecule has 0 fully saturated rings. The Morgan fingerprint density at radius 1 is 1.59 bits per heavy atom. The molecule has 0 spiro atoms. The molecular weight excluding hydrogens is 243 g/mol. The van der Waals surface area contributed by atoms with Crippen LogP contribution in [0.5, 0.6) is 5.75 Å². The molecule has 6 nitrogen and oxygen atoms in total. The van der Waals surface area contributed by atoms with E-state index < -0.39 is 22.9 Å². The summed E-state index contributed by atoms with van der Waals surface area (Å²) < 4.78 is 39.7. The SMILES string of the molecule is Cc1c(OC(F)(F)F)cnc([N+](=O)[O-])c1CN. The highest BCUT2D eigenvalue weighted by molar-refractivity contribution is 5.46. The maximum atomic E-state index is 12.0. The first-order valence-electron chi connectivity index (χ1n) is 4.35. The molecular formula is C8H8F3N3O3. The average Bonchev–Trinajstić information content (AvgIpc) is 2.18. The number of rotatable bonds is 3. The molecule has 1 heterocycles. The van der Waals surface area contributed by atoms with Crippen molar-refractivity contribution in [2.75, 3.05) is 0 Å². The maximum absolute atomic E-state index is 12.0. The lowest BCUT2D eigenvalue weighted by Gasteiger charge is -2.11. The maximum Gasteiger partial charge on any atom is 0.573 e. The van der Waals surface area contributed by atoms with Gasteiger partial charge in [0.15, 0.2) is 11.9 Å². The molecule has 17 heavy (non-hydrogen) atoms. The number of hydrogen-bond donors (Lipinski definition) is 1. The van der Waals surface area contributed by atoms with E-state index >= 15 is 0 Å². The molecule has 0 bridgehead atoms. The van der Waals surface area contributed by atoms with Gasteiger partial charge < -0.3 is 20.6 Å². The number of aromatic nitrogens is 1. The summed E-state index contributed by atoms with van der Waals surface area (Å²) in [5, 5.41) is 10.6. The van der Waals surface area contributed by atoms with Crippen LogP contribution >= 0.6 is 0 Å². The number of halogens is 3. The molecule has 0 aliphatic carbocycles. The Labute approximate surface area is 93.3 Å². The predicted molar refractivity (Wildman–Crippen MR) is 50.2 cm³/mol. The Bertz CT molecular complexity index is 448. The molecule has 1 aromatic heterocycles. The lowest BCUT2D eigenvalue weighted by atomic mass is 10.1. The molecule has 1 aromatic rings. The van der Waals surface area contributed by atoms with Gasteiger partial charge in [0.1, 0.15) is 0 Å². The largest absolute Gasteiger partial charge is 0.573 e. The lowest BCUT2D eigenvalue weighted by Crippen LogP contribution is -2.19. The zero-order chi connectivity index (χ0) is 13.2. The summed E-state index contributed by atoms with van der Waals surface area (Å²) in [6, 6.07) is 0. The fraction of sp³-hybridized carbons (Fsp3) is 0.375. The summed E-state index contributed by atoms with van der Waals surface area (Å²) in [5.74, 6) is -1.16. The van der Waals surface area contributed by atoms with E-state index in [1.165, 1.54) is 6.92 Å². The van der Waals surface area contributed by atoms with E-state index in [9.17, 15) is 23.3 Å². The second-order valence-electron chi connectivity index (χ2n) is 3.06. The van der Waals surface area contributed by atoms with Crippen LogP contribution in [-0.2, 0) is 6.54 Å². The molecule has 0 aliphatic rings. The van der Waals surface area contributed by atoms with Crippen molar-refractivity contribution in [3.05, 3.63) is 27.4 Å². The summed E-state index contributed by atoms with van der Waals surface area (Å²) >= 11 is 0. The second-order valence-corrected chi connectivity index (χ2v) is 3.06. The van der Waals surface area contributed by atoms with Gasteiger partial charge in [-0.25, -0.2) is 0 Å². The zero-order valence-electron chi connectivity index (χ0n) is 8.61. The van der Waals surface area contributed by atoms with Gasteiger partial charge in [-0.2, -0.15) is 0 Å². The van der Waals surface area contributed by atoms with E-state index in [1.54, 1.807) is 0 Å². The number of alkyl halides is 3.